The molecule has 0 aromatic carbocycles. The molecule has 0 unspecified atom stereocenters. The summed E-state index contributed by atoms with van der Waals surface area (Å²) in [6.07, 6.45) is 0.455. The molecule has 2 saturated heterocycles. The normalized spacial score (nSPS) is 27.4. The molecule has 0 spiro atoms. The SMILES string of the molecule is CO/N=C(\C(=O)N[C@@H]1C(=O)N2C(C(=O)[O-])=C([C@@H]3OCC[C@@H]3C)CS[C@H]12)c1csc(N)n1.[Na+]. The second-order valence-electron chi connectivity index (χ2n) is 7.27. The summed E-state index contributed by atoms with van der Waals surface area (Å²) in [5.41, 5.74) is 6.09. The Kier molecular flexibility index (Phi) is 7.89. The number of thioether (sulfide) groups is 1. The van der Waals surface area contributed by atoms with Crippen molar-refractivity contribution in [1.82, 2.24) is 15.2 Å². The summed E-state index contributed by atoms with van der Waals surface area (Å²) in [6.45, 7) is 2.52. The number of nitrogens with two attached hydrogens (primary N) is 1. The van der Waals surface area contributed by atoms with E-state index in [2.05, 4.69) is 15.5 Å². The van der Waals surface area contributed by atoms with Gasteiger partial charge in [-0.2, -0.15) is 0 Å². The molecular formula is C18H20N5NaO6S2. The number of carboxylic acids is 1. The number of amides is 2. The summed E-state index contributed by atoms with van der Waals surface area (Å²) < 4.78 is 5.71. The van der Waals surface area contributed by atoms with Crippen molar-refractivity contribution in [3.05, 3.63) is 22.3 Å². The van der Waals surface area contributed by atoms with Gasteiger partial charge in [0.2, 0.25) is 0 Å². The number of nitrogens with one attached hydrogen (secondary N) is 1. The van der Waals surface area contributed by atoms with E-state index in [4.69, 9.17) is 15.3 Å². The third-order valence-corrected chi connectivity index (χ3v) is 7.35. The van der Waals surface area contributed by atoms with Crippen LogP contribution in [0.5, 0.6) is 0 Å². The maximum atomic E-state index is 12.8. The zero-order chi connectivity index (χ0) is 22.3. The fraction of sp³-hybridized carbons (Fsp3) is 0.500. The first kappa shape index (κ1) is 25.0. The van der Waals surface area contributed by atoms with Crippen LogP contribution in [0.15, 0.2) is 21.8 Å². The van der Waals surface area contributed by atoms with Crippen molar-refractivity contribution in [1.29, 1.82) is 0 Å². The van der Waals surface area contributed by atoms with Crippen LogP contribution in [-0.2, 0) is 24.0 Å². The maximum absolute atomic E-state index is 12.8. The van der Waals surface area contributed by atoms with Crippen LogP contribution in [0.1, 0.15) is 19.0 Å². The Morgan fingerprint density at radius 1 is 1.47 bits per heavy atom. The number of hydrogen-bond donors (Lipinski definition) is 2. The summed E-state index contributed by atoms with van der Waals surface area (Å²) >= 11 is 2.50. The number of nitrogens with zero attached hydrogens (tertiary/aromatic N) is 3. The summed E-state index contributed by atoms with van der Waals surface area (Å²) in [5.74, 6) is -2.14. The molecule has 0 radical (unpaired) electrons. The number of carbonyl (C=O) groups is 3. The average Bonchev–Trinajstić information content (AvgIpc) is 3.36. The summed E-state index contributed by atoms with van der Waals surface area (Å²) in [5, 5.41) is 19.4. The Bertz CT molecular complexity index is 998. The largest absolute Gasteiger partial charge is 1.00 e. The smallest absolute Gasteiger partial charge is 0.543 e. The van der Waals surface area contributed by atoms with Crippen LogP contribution in [0.4, 0.5) is 5.13 Å². The molecule has 0 saturated carbocycles. The number of β-lactam (4-membered cyclic amide) rings is 1. The number of anilines is 1. The van der Waals surface area contributed by atoms with Crippen molar-refractivity contribution in [3.8, 4) is 0 Å². The van der Waals surface area contributed by atoms with Gasteiger partial charge in [0.1, 0.15) is 24.2 Å². The van der Waals surface area contributed by atoms with E-state index in [1.807, 2.05) is 6.92 Å². The van der Waals surface area contributed by atoms with Crippen LogP contribution in [0.25, 0.3) is 0 Å². The van der Waals surface area contributed by atoms with Gasteiger partial charge in [-0.15, -0.1) is 23.1 Å². The predicted molar refractivity (Wildman–Crippen MR) is 111 cm³/mol. The Morgan fingerprint density at radius 3 is 2.78 bits per heavy atom. The number of oxime groups is 1. The number of aromatic nitrogens is 1. The fourth-order valence-electron chi connectivity index (χ4n) is 3.89. The molecule has 1 aromatic rings. The molecule has 32 heavy (non-hydrogen) atoms. The van der Waals surface area contributed by atoms with Crippen LogP contribution < -0.4 is 45.7 Å². The molecule has 4 atom stereocenters. The molecule has 2 fully saturated rings. The summed E-state index contributed by atoms with van der Waals surface area (Å²) in [7, 11) is 1.28. The maximum Gasteiger partial charge on any atom is 1.00 e. The Morgan fingerprint density at radius 2 is 2.22 bits per heavy atom. The molecule has 14 heteroatoms. The topological polar surface area (TPSA) is 159 Å². The van der Waals surface area contributed by atoms with E-state index < -0.39 is 29.2 Å². The van der Waals surface area contributed by atoms with Crippen molar-refractivity contribution in [3.63, 3.8) is 0 Å². The second-order valence-corrected chi connectivity index (χ2v) is 9.27. The molecule has 3 aliphatic rings. The number of ether oxygens (including phenoxy) is 1. The molecule has 4 rings (SSSR count). The van der Waals surface area contributed by atoms with Gasteiger partial charge in [0.05, 0.1) is 17.8 Å². The Labute approximate surface area is 214 Å². The quantitative estimate of drug-likeness (QED) is 0.175. The molecule has 2 amide bonds. The third kappa shape index (κ3) is 4.41. The van der Waals surface area contributed by atoms with Gasteiger partial charge in [-0.05, 0) is 17.9 Å². The van der Waals surface area contributed by atoms with Crippen LogP contribution in [0.2, 0.25) is 0 Å². The Hall–Kier alpha value is -1.64. The molecule has 3 N–H and O–H groups in total. The van der Waals surface area contributed by atoms with Gasteiger partial charge in [-0.25, -0.2) is 4.98 Å². The van der Waals surface area contributed by atoms with Gasteiger partial charge in [0.25, 0.3) is 11.8 Å². The Balaban J connectivity index is 0.00000289. The second kappa shape index (κ2) is 10.1. The van der Waals surface area contributed by atoms with Gasteiger partial charge in [0, 0.05) is 17.7 Å². The molecule has 0 aliphatic carbocycles. The molecule has 166 valence electrons. The molecule has 11 nitrogen and oxygen atoms in total. The van der Waals surface area contributed by atoms with Gasteiger partial charge in [0.15, 0.2) is 10.8 Å². The first-order chi connectivity index (χ1) is 14.8. The van der Waals surface area contributed by atoms with Crippen molar-refractivity contribution in [2.24, 2.45) is 11.1 Å². The van der Waals surface area contributed by atoms with E-state index in [-0.39, 0.29) is 63.8 Å². The molecule has 4 heterocycles. The van der Waals surface area contributed by atoms with Crippen LogP contribution in [0.3, 0.4) is 0 Å². The van der Waals surface area contributed by atoms with Crippen LogP contribution in [-0.4, -0.2) is 70.4 Å². The number of nitrogen functional groups attached to an aromatic ring is 1. The van der Waals surface area contributed by atoms with Gasteiger partial charge in [-0.1, -0.05) is 12.1 Å². The van der Waals surface area contributed by atoms with Crippen molar-refractivity contribution in [2.45, 2.75) is 30.9 Å². The van der Waals surface area contributed by atoms with Gasteiger partial charge < -0.3 is 30.5 Å². The van der Waals surface area contributed by atoms with Gasteiger partial charge >= 0.3 is 29.6 Å². The average molecular weight is 490 g/mol. The predicted octanol–water partition coefficient (Wildman–Crippen LogP) is -4.09. The standard InChI is InChI=1S/C18H21N5O6S2.Na/c1-7-3-4-29-13(7)8-5-30-16-11(15(25)23(16)12(8)17(26)27)21-14(24)10(22-28-2)9-6-31-18(19)20-9;/h6-7,11,13,16H,3-5H2,1-2H3,(H2,19,20)(H,21,24)(H,26,27);/q;+1/p-1/b22-10-;/t7-,11+,13+,16+;/m0./s1. The number of fused-ring (bicyclic) bond motifs is 1. The monoisotopic (exact) mass is 489 g/mol. The van der Waals surface area contributed by atoms with Gasteiger partial charge in [-0.3, -0.25) is 14.5 Å². The summed E-state index contributed by atoms with van der Waals surface area (Å²) in [6, 6.07) is -0.923. The molecule has 3 aliphatic heterocycles. The first-order valence-corrected chi connectivity index (χ1v) is 11.4. The third-order valence-electron chi connectivity index (χ3n) is 5.37. The van der Waals surface area contributed by atoms with E-state index in [1.54, 1.807) is 5.38 Å². The number of rotatable bonds is 6. The van der Waals surface area contributed by atoms with E-state index in [1.165, 1.54) is 23.8 Å². The molecular weight excluding hydrogens is 469 g/mol. The van der Waals surface area contributed by atoms with Crippen LogP contribution in [0, 0.1) is 5.92 Å². The molecule has 0 bridgehead atoms. The number of aliphatic carboxylic acids is 1. The number of thiazole rings is 1. The molecule has 1 aromatic heterocycles. The van der Waals surface area contributed by atoms with E-state index in [0.29, 0.717) is 17.9 Å². The van der Waals surface area contributed by atoms with E-state index in [0.717, 1.165) is 17.8 Å². The minimum Gasteiger partial charge on any atom is -0.543 e. The van der Waals surface area contributed by atoms with Crippen LogP contribution >= 0.6 is 23.1 Å². The number of hydrogen-bond acceptors (Lipinski definition) is 11. The minimum absolute atomic E-state index is 0. The van der Waals surface area contributed by atoms with Crippen molar-refractivity contribution >= 4 is 51.7 Å². The zero-order valence-electron chi connectivity index (χ0n) is 17.7. The van der Waals surface area contributed by atoms with Crippen molar-refractivity contribution < 1.29 is 58.6 Å². The zero-order valence-corrected chi connectivity index (χ0v) is 21.3. The number of carboxylic acid groups (broad SMARTS) is 1. The van der Waals surface area contributed by atoms with Crippen molar-refractivity contribution in [2.75, 3.05) is 25.2 Å². The first-order valence-electron chi connectivity index (χ1n) is 9.47. The van der Waals surface area contributed by atoms with E-state index >= 15 is 0 Å². The fourth-order valence-corrected chi connectivity index (χ4v) is 5.83. The van der Waals surface area contributed by atoms with E-state index in [9.17, 15) is 19.5 Å². The number of carbonyl (C=O) groups excluding carboxylic acids is 3. The minimum atomic E-state index is -1.43. The summed E-state index contributed by atoms with van der Waals surface area (Å²) in [4.78, 5) is 47.4.